The molecule has 0 aromatic heterocycles. The van der Waals surface area contributed by atoms with Crippen molar-refractivity contribution in [3.8, 4) is 11.8 Å². The summed E-state index contributed by atoms with van der Waals surface area (Å²) in [5.41, 5.74) is 3.49. The van der Waals surface area contributed by atoms with Gasteiger partial charge in [-0.15, -0.1) is 0 Å². The molecule has 5 nitrogen and oxygen atoms in total. The lowest BCUT2D eigenvalue weighted by Crippen LogP contribution is -2.25. The number of hydrogen-bond acceptors (Lipinski definition) is 4. The quantitative estimate of drug-likeness (QED) is 0.681. The Morgan fingerprint density at radius 3 is 2.61 bits per heavy atom. The number of nitrogens with zero attached hydrogens (tertiary/aromatic N) is 2. The van der Waals surface area contributed by atoms with Gasteiger partial charge in [0.15, 0.2) is 6.61 Å². The van der Waals surface area contributed by atoms with Gasteiger partial charge in [-0.3, -0.25) is 4.79 Å². The van der Waals surface area contributed by atoms with Gasteiger partial charge < -0.3 is 4.74 Å². The molecule has 6 heteroatoms. The Bertz CT molecular complexity index is 764. The number of halogens is 1. The molecule has 0 atom stereocenters. The van der Waals surface area contributed by atoms with Gasteiger partial charge in [0.05, 0.1) is 17.3 Å². The molecule has 0 aliphatic rings. The Morgan fingerprint density at radius 1 is 1.26 bits per heavy atom. The molecular weight excluding hydrogens is 297 g/mol. The fourth-order valence-corrected chi connectivity index (χ4v) is 1.77. The first-order valence-corrected chi connectivity index (χ1v) is 6.81. The summed E-state index contributed by atoms with van der Waals surface area (Å²) in [5.74, 6) is -0.407. The molecular formula is C17H14FN3O2. The predicted molar refractivity (Wildman–Crippen MR) is 83.4 cm³/mol. The maximum absolute atomic E-state index is 13.6. The molecule has 116 valence electrons. The third kappa shape index (κ3) is 4.64. The van der Waals surface area contributed by atoms with Crippen molar-refractivity contribution in [1.29, 1.82) is 5.26 Å². The highest BCUT2D eigenvalue weighted by molar-refractivity contribution is 5.99. The Balaban J connectivity index is 1.88. The summed E-state index contributed by atoms with van der Waals surface area (Å²) in [5, 5.41) is 12.5. The van der Waals surface area contributed by atoms with Crippen LogP contribution in [0.1, 0.15) is 18.1 Å². The molecule has 1 N–H and O–H groups in total. The first kappa shape index (κ1) is 16.2. The normalized spacial score (nSPS) is 10.7. The zero-order valence-electron chi connectivity index (χ0n) is 12.4. The summed E-state index contributed by atoms with van der Waals surface area (Å²) in [6.07, 6.45) is 0. The molecule has 1 amide bonds. The van der Waals surface area contributed by atoms with Crippen molar-refractivity contribution in [3.63, 3.8) is 0 Å². The van der Waals surface area contributed by atoms with Gasteiger partial charge in [0, 0.05) is 5.56 Å². The number of benzene rings is 2. The molecule has 0 fully saturated rings. The van der Waals surface area contributed by atoms with E-state index < -0.39 is 11.7 Å². The average molecular weight is 311 g/mol. The van der Waals surface area contributed by atoms with Crippen LogP contribution < -0.4 is 10.2 Å². The van der Waals surface area contributed by atoms with Crippen LogP contribution >= 0.6 is 0 Å². The lowest BCUT2D eigenvalue weighted by atomic mass is 10.1. The van der Waals surface area contributed by atoms with E-state index in [0.29, 0.717) is 22.6 Å². The van der Waals surface area contributed by atoms with Crippen LogP contribution in [-0.4, -0.2) is 18.2 Å². The second-order valence-corrected chi connectivity index (χ2v) is 4.64. The minimum atomic E-state index is -0.468. The van der Waals surface area contributed by atoms with E-state index in [1.165, 1.54) is 6.07 Å². The van der Waals surface area contributed by atoms with Gasteiger partial charge >= 0.3 is 0 Å². The molecule has 0 heterocycles. The van der Waals surface area contributed by atoms with E-state index >= 15 is 0 Å². The fraction of sp³-hybridized carbons (Fsp3) is 0.118. The van der Waals surface area contributed by atoms with Crippen LogP contribution in [0.15, 0.2) is 53.6 Å². The number of hydrogen-bond donors (Lipinski definition) is 1. The molecule has 0 spiro atoms. The van der Waals surface area contributed by atoms with E-state index in [4.69, 9.17) is 10.00 Å². The minimum absolute atomic E-state index is 0.236. The van der Waals surface area contributed by atoms with Crippen LogP contribution in [0.3, 0.4) is 0 Å². The Morgan fingerprint density at radius 2 is 1.96 bits per heavy atom. The molecule has 0 aliphatic heterocycles. The van der Waals surface area contributed by atoms with Gasteiger partial charge in [0.1, 0.15) is 11.6 Å². The molecule has 0 saturated carbocycles. The molecule has 0 saturated heterocycles. The van der Waals surface area contributed by atoms with Crippen molar-refractivity contribution in [2.75, 3.05) is 6.61 Å². The van der Waals surface area contributed by atoms with E-state index in [0.717, 1.165) is 0 Å². The SMILES string of the molecule is C/C(=N/NC(=O)COc1ccc(C#N)cc1)c1ccccc1F. The number of nitrogens with one attached hydrogen (secondary N) is 1. The second-order valence-electron chi connectivity index (χ2n) is 4.64. The highest BCUT2D eigenvalue weighted by atomic mass is 19.1. The molecule has 0 unspecified atom stereocenters. The third-order valence-electron chi connectivity index (χ3n) is 2.97. The molecule has 0 aliphatic carbocycles. The van der Waals surface area contributed by atoms with Crippen molar-refractivity contribution in [2.24, 2.45) is 5.10 Å². The van der Waals surface area contributed by atoms with Crippen LogP contribution in [0.2, 0.25) is 0 Å². The summed E-state index contributed by atoms with van der Waals surface area (Å²) in [7, 11) is 0. The number of carbonyl (C=O) groups is 1. The van der Waals surface area contributed by atoms with Crippen LogP contribution in [0.25, 0.3) is 0 Å². The lowest BCUT2D eigenvalue weighted by Gasteiger charge is -2.06. The number of nitriles is 1. The Labute approximate surface area is 133 Å². The molecule has 0 bridgehead atoms. The first-order valence-electron chi connectivity index (χ1n) is 6.81. The Hall–Kier alpha value is -3.20. The van der Waals surface area contributed by atoms with Gasteiger partial charge in [-0.05, 0) is 37.3 Å². The van der Waals surface area contributed by atoms with Crippen LogP contribution in [-0.2, 0) is 4.79 Å². The van der Waals surface area contributed by atoms with E-state index in [2.05, 4.69) is 10.5 Å². The van der Waals surface area contributed by atoms with Crippen molar-refractivity contribution in [2.45, 2.75) is 6.92 Å². The van der Waals surface area contributed by atoms with Gasteiger partial charge in [-0.2, -0.15) is 10.4 Å². The van der Waals surface area contributed by atoms with E-state index in [1.807, 2.05) is 6.07 Å². The predicted octanol–water partition coefficient (Wildman–Crippen LogP) is 2.62. The monoisotopic (exact) mass is 311 g/mol. The number of ether oxygens (including phenoxy) is 1. The number of amides is 1. The van der Waals surface area contributed by atoms with E-state index in [1.54, 1.807) is 49.4 Å². The van der Waals surface area contributed by atoms with Crippen molar-refractivity contribution in [1.82, 2.24) is 5.43 Å². The van der Waals surface area contributed by atoms with Gasteiger partial charge in [-0.25, -0.2) is 9.82 Å². The third-order valence-corrected chi connectivity index (χ3v) is 2.97. The number of hydrazone groups is 1. The van der Waals surface area contributed by atoms with Crippen molar-refractivity contribution in [3.05, 3.63) is 65.5 Å². The molecule has 2 aromatic carbocycles. The minimum Gasteiger partial charge on any atom is -0.484 e. The van der Waals surface area contributed by atoms with Crippen LogP contribution in [0, 0.1) is 17.1 Å². The zero-order valence-corrected chi connectivity index (χ0v) is 12.4. The number of rotatable bonds is 5. The van der Waals surface area contributed by atoms with E-state index in [-0.39, 0.29) is 6.61 Å². The summed E-state index contributed by atoms with van der Waals surface area (Å²) in [4.78, 5) is 11.7. The number of carbonyl (C=O) groups excluding carboxylic acids is 1. The second kappa shape index (κ2) is 7.71. The van der Waals surface area contributed by atoms with Crippen LogP contribution in [0.4, 0.5) is 4.39 Å². The topological polar surface area (TPSA) is 74.5 Å². The molecule has 0 radical (unpaired) electrons. The zero-order chi connectivity index (χ0) is 16.7. The van der Waals surface area contributed by atoms with Crippen LogP contribution in [0.5, 0.6) is 5.75 Å². The summed E-state index contributed by atoms with van der Waals surface area (Å²) in [6.45, 7) is 1.36. The maximum atomic E-state index is 13.6. The molecule has 23 heavy (non-hydrogen) atoms. The molecule has 2 rings (SSSR count). The smallest absolute Gasteiger partial charge is 0.277 e. The maximum Gasteiger partial charge on any atom is 0.277 e. The standard InChI is InChI=1S/C17H14FN3O2/c1-12(15-4-2-3-5-16(15)18)20-21-17(22)11-23-14-8-6-13(10-19)7-9-14/h2-9H,11H2,1H3,(H,21,22)/b20-12-. The van der Waals surface area contributed by atoms with Gasteiger partial charge in [0.25, 0.3) is 5.91 Å². The fourth-order valence-electron chi connectivity index (χ4n) is 1.77. The first-order chi connectivity index (χ1) is 11.1. The molecule has 2 aromatic rings. The average Bonchev–Trinajstić information content (AvgIpc) is 2.58. The summed E-state index contributed by atoms with van der Waals surface area (Å²) >= 11 is 0. The van der Waals surface area contributed by atoms with E-state index in [9.17, 15) is 9.18 Å². The Kier molecular flexibility index (Phi) is 5.42. The summed E-state index contributed by atoms with van der Waals surface area (Å²) in [6, 6.07) is 14.5. The van der Waals surface area contributed by atoms with Gasteiger partial charge in [-0.1, -0.05) is 18.2 Å². The summed E-state index contributed by atoms with van der Waals surface area (Å²) < 4.78 is 18.8. The highest BCUT2D eigenvalue weighted by Crippen LogP contribution is 2.11. The largest absolute Gasteiger partial charge is 0.484 e. The highest BCUT2D eigenvalue weighted by Gasteiger charge is 2.06. The van der Waals surface area contributed by atoms with Gasteiger partial charge in [0.2, 0.25) is 0 Å². The van der Waals surface area contributed by atoms with Crippen molar-refractivity contribution >= 4 is 11.6 Å². The lowest BCUT2D eigenvalue weighted by molar-refractivity contribution is -0.123. The van der Waals surface area contributed by atoms with Crippen molar-refractivity contribution < 1.29 is 13.9 Å².